The predicted molar refractivity (Wildman–Crippen MR) is 130 cm³/mol. The zero-order valence-electron chi connectivity index (χ0n) is 19.1. The van der Waals surface area contributed by atoms with Gasteiger partial charge in [0.25, 0.3) is 0 Å². The third-order valence-electron chi connectivity index (χ3n) is 7.25. The van der Waals surface area contributed by atoms with Gasteiger partial charge in [-0.1, -0.05) is 25.9 Å². The summed E-state index contributed by atoms with van der Waals surface area (Å²) in [5.74, 6) is 1.36. The Morgan fingerprint density at radius 3 is 2.03 bits per heavy atom. The van der Waals surface area contributed by atoms with E-state index in [4.69, 9.17) is 25.1 Å². The van der Waals surface area contributed by atoms with E-state index < -0.39 is 8.24 Å². The van der Waals surface area contributed by atoms with Gasteiger partial charge in [0, 0.05) is 43.8 Å². The van der Waals surface area contributed by atoms with Crippen LogP contribution in [-0.2, 0) is 13.4 Å². The Balaban J connectivity index is 0.000000757. The summed E-state index contributed by atoms with van der Waals surface area (Å²) in [6.07, 6.45) is 10.8. The molecule has 3 fully saturated rings. The van der Waals surface area contributed by atoms with Crippen LogP contribution in [0.2, 0.25) is 18.6 Å². The SMILES string of the molecule is C[Si](C)(C(C1CCCCN1)C1CCCCN1)N1CCCN2CCCN=C21.[CH3-].[Cl][Cr+][Cl]. The van der Waals surface area contributed by atoms with E-state index >= 15 is 0 Å². The molecule has 0 saturated carbocycles. The first-order valence-corrected chi connectivity index (χ1v) is 18.1. The zero-order chi connectivity index (χ0) is 20.7. The van der Waals surface area contributed by atoms with E-state index in [0.29, 0.717) is 12.1 Å². The van der Waals surface area contributed by atoms with Gasteiger partial charge in [-0.2, -0.15) is 0 Å². The van der Waals surface area contributed by atoms with Crippen LogP contribution in [0, 0.1) is 7.43 Å². The molecule has 0 bridgehead atoms. The van der Waals surface area contributed by atoms with Gasteiger partial charge in [0.2, 0.25) is 0 Å². The van der Waals surface area contributed by atoms with E-state index in [1.807, 2.05) is 0 Å². The molecule has 0 amide bonds. The standard InChI is InChI=1S/C20H39N5Si.CH3.2ClH.Cr/c1-26(2,25-16-8-15-24-14-7-13-23-20(24)25)19(17-9-3-5-11-21-17)18-10-4-6-12-22-18;;;;/h17-19,21-22H,3-16H2,1-2H3;1H3;2*1H;/q;-1;;;+3/p-2. The van der Waals surface area contributed by atoms with Crippen molar-refractivity contribution >= 4 is 34.3 Å². The van der Waals surface area contributed by atoms with Crippen LogP contribution in [-0.4, -0.2) is 75.0 Å². The average molecular weight is 516 g/mol. The molecule has 2 atom stereocenters. The normalized spacial score (nSPS) is 28.2. The minimum absolute atomic E-state index is 0. The summed E-state index contributed by atoms with van der Waals surface area (Å²) >= 11 is -0.181. The molecular formula is C21H42Cl2CrN5Si. The molecule has 0 aromatic heterocycles. The summed E-state index contributed by atoms with van der Waals surface area (Å²) in [7, 11) is 7.97. The van der Waals surface area contributed by atoms with E-state index in [1.165, 1.54) is 90.0 Å². The molecule has 5 nitrogen and oxygen atoms in total. The van der Waals surface area contributed by atoms with Crippen molar-refractivity contribution in [2.45, 2.75) is 82.1 Å². The van der Waals surface area contributed by atoms with Gasteiger partial charge in [0.05, 0.1) is 0 Å². The molecule has 0 aromatic rings. The Morgan fingerprint density at radius 1 is 0.933 bits per heavy atom. The van der Waals surface area contributed by atoms with Crippen LogP contribution in [0.1, 0.15) is 51.4 Å². The van der Waals surface area contributed by atoms with Gasteiger partial charge in [-0.15, -0.1) is 0 Å². The molecule has 9 heteroatoms. The molecule has 2 unspecified atom stereocenters. The van der Waals surface area contributed by atoms with E-state index in [9.17, 15) is 0 Å². The van der Waals surface area contributed by atoms with E-state index in [2.05, 4.69) is 33.2 Å². The monoisotopic (exact) mass is 514 g/mol. The summed E-state index contributed by atoms with van der Waals surface area (Å²) in [6.45, 7) is 12.4. The number of fused-ring (bicyclic) bond motifs is 1. The second-order valence-corrected chi connectivity index (χ2v) is 16.0. The van der Waals surface area contributed by atoms with Gasteiger partial charge < -0.3 is 27.5 Å². The molecule has 175 valence electrons. The van der Waals surface area contributed by atoms with Crippen LogP contribution in [0.4, 0.5) is 0 Å². The number of piperidine rings is 2. The second kappa shape index (κ2) is 13.3. The van der Waals surface area contributed by atoms with Crippen molar-refractivity contribution in [2.24, 2.45) is 4.99 Å². The predicted octanol–water partition coefficient (Wildman–Crippen LogP) is 4.44. The van der Waals surface area contributed by atoms with Crippen molar-refractivity contribution in [3.05, 3.63) is 7.43 Å². The molecule has 30 heavy (non-hydrogen) atoms. The quantitative estimate of drug-likeness (QED) is 0.429. The van der Waals surface area contributed by atoms with Crippen LogP contribution in [0.3, 0.4) is 0 Å². The number of guanidine groups is 1. The third kappa shape index (κ3) is 6.53. The zero-order valence-corrected chi connectivity index (χ0v) is 22.9. The Bertz CT molecular complexity index is 510. The third-order valence-corrected chi connectivity index (χ3v) is 11.5. The number of aliphatic imine (C=N–C) groups is 1. The Morgan fingerprint density at radius 2 is 1.50 bits per heavy atom. The molecule has 4 aliphatic heterocycles. The molecule has 4 rings (SSSR count). The molecule has 0 aromatic carbocycles. The van der Waals surface area contributed by atoms with E-state index in [-0.39, 0.29) is 20.8 Å². The van der Waals surface area contributed by atoms with Crippen LogP contribution in [0.15, 0.2) is 4.99 Å². The fourth-order valence-electron chi connectivity index (χ4n) is 5.99. The van der Waals surface area contributed by atoms with Crippen molar-refractivity contribution < 1.29 is 13.4 Å². The van der Waals surface area contributed by atoms with E-state index in [1.54, 1.807) is 0 Å². The number of hydrogen-bond donors (Lipinski definition) is 2. The maximum atomic E-state index is 5.03. The summed E-state index contributed by atoms with van der Waals surface area (Å²) in [4.78, 5) is 7.62. The Labute approximate surface area is 200 Å². The number of nitrogens with zero attached hydrogens (tertiary/aromatic N) is 3. The molecule has 2 N–H and O–H groups in total. The molecule has 4 aliphatic rings. The van der Waals surface area contributed by atoms with Crippen LogP contribution in [0.25, 0.3) is 0 Å². The van der Waals surface area contributed by atoms with Gasteiger partial charge in [-0.25, -0.2) is 0 Å². The number of halogens is 2. The van der Waals surface area contributed by atoms with Crippen molar-refractivity contribution in [2.75, 3.05) is 39.3 Å². The van der Waals surface area contributed by atoms with E-state index in [0.717, 1.165) is 12.1 Å². The van der Waals surface area contributed by atoms with Crippen LogP contribution < -0.4 is 10.6 Å². The van der Waals surface area contributed by atoms with Gasteiger partial charge in [-0.05, 0) is 51.6 Å². The summed E-state index contributed by atoms with van der Waals surface area (Å²) in [5.41, 5.74) is 0.771. The fourth-order valence-corrected chi connectivity index (χ4v) is 10.4. The summed E-state index contributed by atoms with van der Waals surface area (Å²) in [5, 5.41) is 7.90. The summed E-state index contributed by atoms with van der Waals surface area (Å²) < 4.78 is 2.83. The molecule has 4 heterocycles. The van der Waals surface area contributed by atoms with Crippen LogP contribution >= 0.6 is 20.1 Å². The topological polar surface area (TPSA) is 42.9 Å². The first-order chi connectivity index (χ1) is 14.1. The van der Waals surface area contributed by atoms with Gasteiger partial charge in [-0.3, -0.25) is 4.99 Å². The number of rotatable bonds is 4. The van der Waals surface area contributed by atoms with Crippen molar-refractivity contribution in [1.82, 2.24) is 20.1 Å². The number of nitrogens with one attached hydrogen (secondary N) is 2. The Kier molecular flexibility index (Phi) is 11.9. The molecule has 3 saturated heterocycles. The second-order valence-electron chi connectivity index (χ2n) is 9.38. The van der Waals surface area contributed by atoms with Gasteiger partial charge in [0.1, 0.15) is 0 Å². The van der Waals surface area contributed by atoms with Crippen molar-refractivity contribution in [3.8, 4) is 0 Å². The van der Waals surface area contributed by atoms with Crippen molar-refractivity contribution in [3.63, 3.8) is 0 Å². The molecule has 0 spiro atoms. The fraction of sp³-hybridized carbons (Fsp3) is 0.905. The van der Waals surface area contributed by atoms with Gasteiger partial charge in [0.15, 0.2) is 14.2 Å². The average Bonchev–Trinajstić information content (AvgIpc) is 2.75. The minimum atomic E-state index is -1.68. The molecule has 0 aliphatic carbocycles. The van der Waals surface area contributed by atoms with Gasteiger partial charge >= 0.3 is 33.5 Å². The molecular weight excluding hydrogens is 473 g/mol. The molecule has 0 radical (unpaired) electrons. The number of hydrogen-bond acceptors (Lipinski definition) is 5. The Hall–Kier alpha value is 0.519. The maximum absolute atomic E-state index is 5.03. The summed E-state index contributed by atoms with van der Waals surface area (Å²) in [6, 6.07) is 1.39. The first kappa shape index (κ1) is 26.8. The van der Waals surface area contributed by atoms with Crippen molar-refractivity contribution in [1.29, 1.82) is 0 Å². The van der Waals surface area contributed by atoms with Crippen LogP contribution in [0.5, 0.6) is 0 Å². The first-order valence-electron chi connectivity index (χ1n) is 11.5.